The van der Waals surface area contributed by atoms with Gasteiger partial charge in [-0.3, -0.25) is 5.10 Å². The molecule has 0 saturated carbocycles. The maximum Gasteiger partial charge on any atom is 0.124 e. The first-order valence-electron chi connectivity index (χ1n) is 7.35. The third-order valence-corrected chi connectivity index (χ3v) is 3.49. The molecule has 2 aromatic rings. The van der Waals surface area contributed by atoms with E-state index in [1.54, 1.807) is 6.92 Å². The number of allylic oxidation sites excluding steroid dienone is 1. The Hall–Kier alpha value is -2.76. The second-order valence-corrected chi connectivity index (χ2v) is 5.75. The van der Waals surface area contributed by atoms with Crippen molar-refractivity contribution in [1.29, 1.82) is 0 Å². The Balaban J connectivity index is 2.41. The van der Waals surface area contributed by atoms with E-state index in [1.165, 1.54) is 0 Å². The highest BCUT2D eigenvalue weighted by molar-refractivity contribution is 5.89. The number of rotatable bonds is 5. The standard InChI is InChI=1S/C17H23N5O/c1-9(2)23-22-10(3)6-13-7-14(17(19)15(18)8-13)16-11(4)20-21-12(16)5/h7-8H,1,6,18-19H2,2-5H3,(H,20,21). The molecule has 0 aliphatic heterocycles. The van der Waals surface area contributed by atoms with Crippen molar-refractivity contribution in [2.24, 2.45) is 5.16 Å². The summed E-state index contributed by atoms with van der Waals surface area (Å²) < 4.78 is 0. The molecule has 1 aromatic carbocycles. The number of aryl methyl sites for hydroxylation is 2. The highest BCUT2D eigenvalue weighted by Gasteiger charge is 2.15. The van der Waals surface area contributed by atoms with Gasteiger partial charge in [-0.15, -0.1) is 0 Å². The predicted molar refractivity (Wildman–Crippen MR) is 95.0 cm³/mol. The summed E-state index contributed by atoms with van der Waals surface area (Å²) in [4.78, 5) is 5.09. The summed E-state index contributed by atoms with van der Waals surface area (Å²) >= 11 is 0. The molecule has 1 heterocycles. The molecule has 0 radical (unpaired) electrons. The summed E-state index contributed by atoms with van der Waals surface area (Å²) in [5, 5.41) is 11.2. The minimum absolute atomic E-state index is 0.547. The van der Waals surface area contributed by atoms with E-state index < -0.39 is 0 Å². The normalized spacial score (nSPS) is 11.6. The number of nitrogens with two attached hydrogens (primary N) is 2. The molecule has 1 aromatic heterocycles. The molecular weight excluding hydrogens is 290 g/mol. The van der Waals surface area contributed by atoms with E-state index in [-0.39, 0.29) is 0 Å². The van der Waals surface area contributed by atoms with Gasteiger partial charge in [-0.1, -0.05) is 11.7 Å². The number of anilines is 2. The lowest BCUT2D eigenvalue weighted by Crippen LogP contribution is -2.04. The maximum atomic E-state index is 6.18. The molecule has 0 aliphatic carbocycles. The molecule has 0 fully saturated rings. The van der Waals surface area contributed by atoms with Gasteiger partial charge in [0.05, 0.1) is 22.8 Å². The molecule has 6 nitrogen and oxygen atoms in total. The zero-order chi connectivity index (χ0) is 17.1. The lowest BCUT2D eigenvalue weighted by Gasteiger charge is -2.12. The zero-order valence-electron chi connectivity index (χ0n) is 14.0. The van der Waals surface area contributed by atoms with Crippen molar-refractivity contribution < 1.29 is 4.84 Å². The van der Waals surface area contributed by atoms with E-state index in [0.717, 1.165) is 33.8 Å². The number of nitrogens with zero attached hydrogens (tertiary/aromatic N) is 2. The van der Waals surface area contributed by atoms with Crippen LogP contribution in [0.2, 0.25) is 0 Å². The van der Waals surface area contributed by atoms with Crippen LogP contribution in [-0.4, -0.2) is 15.9 Å². The van der Waals surface area contributed by atoms with Crippen LogP contribution in [0, 0.1) is 13.8 Å². The van der Waals surface area contributed by atoms with Gasteiger partial charge in [0.25, 0.3) is 0 Å². The van der Waals surface area contributed by atoms with Crippen molar-refractivity contribution in [3.8, 4) is 11.1 Å². The summed E-state index contributed by atoms with van der Waals surface area (Å²) in [6.07, 6.45) is 0.612. The fraction of sp³-hybridized carbons (Fsp3) is 0.294. The number of hydrogen-bond donors (Lipinski definition) is 3. The molecule has 2 rings (SSSR count). The number of hydrogen-bond acceptors (Lipinski definition) is 5. The van der Waals surface area contributed by atoms with Crippen LogP contribution in [0.25, 0.3) is 11.1 Å². The molecule has 122 valence electrons. The molecule has 0 spiro atoms. The Kier molecular flexibility index (Phi) is 4.74. The third kappa shape index (κ3) is 3.71. The Morgan fingerprint density at radius 1 is 1.30 bits per heavy atom. The Morgan fingerprint density at radius 3 is 2.57 bits per heavy atom. The van der Waals surface area contributed by atoms with Crippen molar-refractivity contribution in [1.82, 2.24) is 10.2 Å². The van der Waals surface area contributed by atoms with Gasteiger partial charge in [-0.05, 0) is 45.4 Å². The van der Waals surface area contributed by atoms with Gasteiger partial charge in [0.1, 0.15) is 5.76 Å². The number of H-pyrrole nitrogens is 1. The summed E-state index contributed by atoms with van der Waals surface area (Å²) in [7, 11) is 0. The Bertz CT molecular complexity index is 754. The maximum absolute atomic E-state index is 6.18. The minimum atomic E-state index is 0.547. The lowest BCUT2D eigenvalue weighted by atomic mass is 9.96. The van der Waals surface area contributed by atoms with E-state index in [4.69, 9.17) is 16.3 Å². The van der Waals surface area contributed by atoms with Gasteiger partial charge < -0.3 is 16.3 Å². The number of benzene rings is 1. The molecular formula is C17H23N5O. The number of nitrogens with one attached hydrogen (secondary N) is 1. The molecule has 23 heavy (non-hydrogen) atoms. The van der Waals surface area contributed by atoms with Crippen LogP contribution in [0.1, 0.15) is 30.8 Å². The number of oxime groups is 1. The van der Waals surface area contributed by atoms with Gasteiger partial charge in [0.15, 0.2) is 0 Å². The van der Waals surface area contributed by atoms with Gasteiger partial charge in [0.2, 0.25) is 0 Å². The molecule has 0 unspecified atom stereocenters. The van der Waals surface area contributed by atoms with Crippen LogP contribution in [0.5, 0.6) is 0 Å². The summed E-state index contributed by atoms with van der Waals surface area (Å²) in [6, 6.07) is 3.89. The van der Waals surface area contributed by atoms with Crippen molar-refractivity contribution >= 4 is 17.1 Å². The lowest BCUT2D eigenvalue weighted by molar-refractivity contribution is 0.230. The Morgan fingerprint density at radius 2 is 2.00 bits per heavy atom. The van der Waals surface area contributed by atoms with E-state index >= 15 is 0 Å². The summed E-state index contributed by atoms with van der Waals surface area (Å²) in [6.45, 7) is 11.2. The number of aromatic amines is 1. The van der Waals surface area contributed by atoms with Crippen molar-refractivity contribution in [2.45, 2.75) is 34.1 Å². The number of aromatic nitrogens is 2. The monoisotopic (exact) mass is 313 g/mol. The molecule has 0 atom stereocenters. The third-order valence-electron chi connectivity index (χ3n) is 3.49. The molecule has 0 aliphatic rings. The predicted octanol–water partition coefficient (Wildman–Crippen LogP) is 3.33. The van der Waals surface area contributed by atoms with Crippen LogP contribution >= 0.6 is 0 Å². The summed E-state index contributed by atoms with van der Waals surface area (Å²) in [5.74, 6) is 0.548. The average Bonchev–Trinajstić information content (AvgIpc) is 2.80. The quantitative estimate of drug-likeness (QED) is 0.341. The first-order valence-corrected chi connectivity index (χ1v) is 7.35. The topological polar surface area (TPSA) is 102 Å². The van der Waals surface area contributed by atoms with E-state index in [9.17, 15) is 0 Å². The van der Waals surface area contributed by atoms with E-state index in [2.05, 4.69) is 21.9 Å². The Labute approximate surface area is 136 Å². The van der Waals surface area contributed by atoms with Gasteiger partial charge in [0, 0.05) is 23.2 Å². The second kappa shape index (κ2) is 6.56. The van der Waals surface area contributed by atoms with Crippen molar-refractivity contribution in [3.05, 3.63) is 41.4 Å². The van der Waals surface area contributed by atoms with Crippen molar-refractivity contribution in [3.63, 3.8) is 0 Å². The summed E-state index contributed by atoms with van der Waals surface area (Å²) in [5.41, 5.74) is 18.9. The SMILES string of the molecule is C=C(C)ON=C(C)Cc1cc(N)c(N)c(-c2c(C)n[nH]c2C)c1. The first-order chi connectivity index (χ1) is 10.8. The molecule has 0 amide bonds. The van der Waals surface area contributed by atoms with Gasteiger partial charge >= 0.3 is 0 Å². The zero-order valence-corrected chi connectivity index (χ0v) is 14.0. The van der Waals surface area contributed by atoms with E-state index in [0.29, 0.717) is 23.6 Å². The van der Waals surface area contributed by atoms with Crippen molar-refractivity contribution in [2.75, 3.05) is 11.5 Å². The van der Waals surface area contributed by atoms with Gasteiger partial charge in [-0.2, -0.15) is 5.10 Å². The largest absolute Gasteiger partial charge is 0.397 e. The van der Waals surface area contributed by atoms with Crippen LogP contribution in [0.4, 0.5) is 11.4 Å². The van der Waals surface area contributed by atoms with Crippen LogP contribution in [0.15, 0.2) is 29.6 Å². The van der Waals surface area contributed by atoms with Crippen LogP contribution in [0.3, 0.4) is 0 Å². The molecule has 0 saturated heterocycles. The molecule has 0 bridgehead atoms. The second-order valence-electron chi connectivity index (χ2n) is 5.75. The van der Waals surface area contributed by atoms with E-state index in [1.807, 2.05) is 32.9 Å². The minimum Gasteiger partial charge on any atom is -0.397 e. The highest BCUT2D eigenvalue weighted by atomic mass is 16.6. The van der Waals surface area contributed by atoms with Gasteiger partial charge in [-0.25, -0.2) is 0 Å². The van der Waals surface area contributed by atoms with Crippen LogP contribution in [-0.2, 0) is 11.3 Å². The fourth-order valence-electron chi connectivity index (χ4n) is 2.48. The highest BCUT2D eigenvalue weighted by Crippen LogP contribution is 2.35. The molecule has 5 N–H and O–H groups in total. The average molecular weight is 313 g/mol. The first kappa shape index (κ1) is 16.6. The smallest absolute Gasteiger partial charge is 0.124 e. The number of nitrogen functional groups attached to an aromatic ring is 2. The fourth-order valence-corrected chi connectivity index (χ4v) is 2.48. The van der Waals surface area contributed by atoms with Crippen LogP contribution < -0.4 is 11.5 Å². The molecule has 6 heteroatoms.